The van der Waals surface area contributed by atoms with Crippen molar-refractivity contribution in [1.29, 1.82) is 0 Å². The van der Waals surface area contributed by atoms with Crippen LogP contribution < -0.4 is 14.2 Å². The van der Waals surface area contributed by atoms with Crippen LogP contribution in [0.2, 0.25) is 0 Å². The molecule has 1 aliphatic heterocycles. The zero-order chi connectivity index (χ0) is 25.8. The number of hydrogen-bond acceptors (Lipinski definition) is 6. The van der Waals surface area contributed by atoms with E-state index in [0.717, 1.165) is 11.1 Å². The second kappa shape index (κ2) is 10.6. The Kier molecular flexibility index (Phi) is 7.29. The van der Waals surface area contributed by atoms with Gasteiger partial charge in [0.2, 0.25) is 0 Å². The third kappa shape index (κ3) is 4.77. The first-order valence-corrected chi connectivity index (χ1v) is 11.6. The number of amides is 1. The van der Waals surface area contributed by atoms with Crippen LogP contribution in [0, 0.1) is 6.92 Å². The third-order valence-corrected chi connectivity index (χ3v) is 6.36. The van der Waals surface area contributed by atoms with Crippen molar-refractivity contribution in [2.45, 2.75) is 19.4 Å². The molecule has 0 bridgehead atoms. The molecule has 1 fully saturated rings. The fourth-order valence-electron chi connectivity index (χ4n) is 4.42. The number of ether oxygens (including phenoxy) is 3. The second-order valence-corrected chi connectivity index (χ2v) is 8.57. The maximum atomic E-state index is 13.3. The molecule has 7 heteroatoms. The highest BCUT2D eigenvalue weighted by Crippen LogP contribution is 2.40. The summed E-state index contributed by atoms with van der Waals surface area (Å²) in [4.78, 5) is 28.0. The van der Waals surface area contributed by atoms with Crippen LogP contribution in [0.3, 0.4) is 0 Å². The van der Waals surface area contributed by atoms with Crippen molar-refractivity contribution in [3.8, 4) is 17.2 Å². The summed E-state index contributed by atoms with van der Waals surface area (Å²) >= 11 is 0. The molecular weight excluding hydrogens is 458 g/mol. The highest BCUT2D eigenvalue weighted by molar-refractivity contribution is 6.46. The molecule has 3 aromatic carbocycles. The summed E-state index contributed by atoms with van der Waals surface area (Å²) in [6.45, 7) is 2.19. The molecule has 1 aliphatic rings. The summed E-state index contributed by atoms with van der Waals surface area (Å²) in [5.74, 6) is 0.213. The maximum Gasteiger partial charge on any atom is 0.295 e. The summed E-state index contributed by atoms with van der Waals surface area (Å²) < 4.78 is 16.1. The minimum Gasteiger partial charge on any atom is -0.507 e. The van der Waals surface area contributed by atoms with Gasteiger partial charge in [-0.15, -0.1) is 0 Å². The first-order chi connectivity index (χ1) is 17.4. The van der Waals surface area contributed by atoms with E-state index in [1.807, 2.05) is 37.3 Å². The van der Waals surface area contributed by atoms with Crippen molar-refractivity contribution in [2.24, 2.45) is 0 Å². The van der Waals surface area contributed by atoms with Gasteiger partial charge in [-0.25, -0.2) is 0 Å². The Morgan fingerprint density at radius 3 is 2.28 bits per heavy atom. The van der Waals surface area contributed by atoms with Gasteiger partial charge in [0, 0.05) is 12.1 Å². The lowest BCUT2D eigenvalue weighted by molar-refractivity contribution is -0.139. The summed E-state index contributed by atoms with van der Waals surface area (Å²) in [5, 5.41) is 11.2. The van der Waals surface area contributed by atoms with Gasteiger partial charge in [0.25, 0.3) is 11.7 Å². The van der Waals surface area contributed by atoms with Crippen LogP contribution in [0.4, 0.5) is 0 Å². The molecule has 1 saturated heterocycles. The largest absolute Gasteiger partial charge is 0.507 e. The number of benzene rings is 3. The van der Waals surface area contributed by atoms with Crippen LogP contribution in [0.1, 0.15) is 28.3 Å². The number of likely N-dealkylation sites (tertiary alicyclic amines) is 1. The van der Waals surface area contributed by atoms with E-state index in [4.69, 9.17) is 14.2 Å². The first kappa shape index (κ1) is 24.9. The van der Waals surface area contributed by atoms with Gasteiger partial charge in [-0.3, -0.25) is 9.59 Å². The van der Waals surface area contributed by atoms with E-state index < -0.39 is 17.7 Å². The number of rotatable bonds is 8. The Hall–Kier alpha value is -4.26. The molecule has 1 unspecified atom stereocenters. The van der Waals surface area contributed by atoms with E-state index >= 15 is 0 Å². The lowest BCUT2D eigenvalue weighted by atomic mass is 9.94. The number of Topliss-reactive ketones (excluding diaryl/α,β-unsaturated/α-hetero) is 1. The molecule has 186 valence electrons. The average Bonchev–Trinajstić information content (AvgIpc) is 3.16. The fraction of sp³-hybridized carbons (Fsp3) is 0.241. The summed E-state index contributed by atoms with van der Waals surface area (Å²) in [5.41, 5.74) is 3.15. The molecule has 1 amide bonds. The number of carbonyl (C=O) groups excluding carboxylic acids is 2. The van der Waals surface area contributed by atoms with Crippen LogP contribution in [0.15, 0.2) is 72.3 Å². The average molecular weight is 488 g/mol. The van der Waals surface area contributed by atoms with E-state index in [0.29, 0.717) is 34.8 Å². The normalized spacial score (nSPS) is 16.8. The van der Waals surface area contributed by atoms with E-state index in [2.05, 4.69) is 0 Å². The number of aryl methyl sites for hydroxylation is 1. The van der Waals surface area contributed by atoms with Gasteiger partial charge in [-0.05, 0) is 48.7 Å². The first-order valence-electron chi connectivity index (χ1n) is 11.6. The van der Waals surface area contributed by atoms with Gasteiger partial charge in [0.1, 0.15) is 11.5 Å². The van der Waals surface area contributed by atoms with Crippen LogP contribution in [0.25, 0.3) is 5.76 Å². The number of hydrogen-bond donors (Lipinski definition) is 1. The van der Waals surface area contributed by atoms with Crippen LogP contribution in [0.5, 0.6) is 17.2 Å². The highest BCUT2D eigenvalue weighted by Gasteiger charge is 2.46. The van der Waals surface area contributed by atoms with Gasteiger partial charge in [0.05, 0.1) is 32.9 Å². The van der Waals surface area contributed by atoms with Gasteiger partial charge < -0.3 is 24.2 Å². The molecule has 1 N–H and O–H groups in total. The second-order valence-electron chi connectivity index (χ2n) is 8.57. The molecule has 1 atom stereocenters. The van der Waals surface area contributed by atoms with E-state index in [1.54, 1.807) is 57.7 Å². The minimum absolute atomic E-state index is 0.0596. The molecule has 0 spiro atoms. The molecule has 36 heavy (non-hydrogen) atoms. The molecule has 0 aliphatic carbocycles. The van der Waals surface area contributed by atoms with E-state index in [-0.39, 0.29) is 17.9 Å². The predicted molar refractivity (Wildman–Crippen MR) is 136 cm³/mol. The standard InChI is InChI=1S/C29H29NO6/c1-18-8-11-20(12-9-18)27(31)25-26(21-6-5-7-22(17-21)34-2)30(29(33)28(25)32)15-14-19-10-13-23(35-3)24(16-19)36-4/h5-13,16-17,26,31H,14-15H2,1-4H3/b27-25+. The number of aliphatic hydroxyl groups is 1. The van der Waals surface area contributed by atoms with Crippen molar-refractivity contribution in [1.82, 2.24) is 4.90 Å². The fourth-order valence-corrected chi connectivity index (χ4v) is 4.42. The molecule has 3 aromatic rings. The van der Waals surface area contributed by atoms with Crippen molar-refractivity contribution >= 4 is 17.4 Å². The maximum absolute atomic E-state index is 13.3. The number of ketones is 1. The lowest BCUT2D eigenvalue weighted by Gasteiger charge is -2.26. The molecule has 7 nitrogen and oxygen atoms in total. The van der Waals surface area contributed by atoms with E-state index in [9.17, 15) is 14.7 Å². The topological polar surface area (TPSA) is 85.3 Å². The van der Waals surface area contributed by atoms with Crippen molar-refractivity contribution < 1.29 is 28.9 Å². The van der Waals surface area contributed by atoms with Crippen LogP contribution >= 0.6 is 0 Å². The lowest BCUT2D eigenvalue weighted by Crippen LogP contribution is -2.31. The number of methoxy groups -OCH3 is 3. The quantitative estimate of drug-likeness (QED) is 0.282. The van der Waals surface area contributed by atoms with E-state index in [1.165, 1.54) is 4.90 Å². The molecule has 4 rings (SSSR count). The number of aliphatic hydroxyl groups excluding tert-OH is 1. The molecular formula is C29H29NO6. The molecule has 0 aromatic heterocycles. The Balaban J connectivity index is 1.75. The van der Waals surface area contributed by atoms with Gasteiger partial charge in [-0.1, -0.05) is 48.0 Å². The molecule has 0 radical (unpaired) electrons. The Labute approximate surface area is 210 Å². The predicted octanol–water partition coefficient (Wildman–Crippen LogP) is 4.69. The SMILES string of the molecule is COc1cccc(C2/C(=C(\O)c3ccc(C)cc3)C(=O)C(=O)N2CCc2ccc(OC)c(OC)c2)c1. The summed E-state index contributed by atoms with van der Waals surface area (Å²) in [6, 6.07) is 19.2. The van der Waals surface area contributed by atoms with Crippen LogP contribution in [-0.4, -0.2) is 49.6 Å². The van der Waals surface area contributed by atoms with Crippen LogP contribution in [-0.2, 0) is 16.0 Å². The Morgan fingerprint density at radius 1 is 0.889 bits per heavy atom. The monoisotopic (exact) mass is 487 g/mol. The van der Waals surface area contributed by atoms with Gasteiger partial charge in [0.15, 0.2) is 11.5 Å². The van der Waals surface area contributed by atoms with Gasteiger partial charge in [-0.2, -0.15) is 0 Å². The highest BCUT2D eigenvalue weighted by atomic mass is 16.5. The summed E-state index contributed by atoms with van der Waals surface area (Å²) in [7, 11) is 4.69. The van der Waals surface area contributed by atoms with Crippen molar-refractivity contribution in [3.63, 3.8) is 0 Å². The molecule has 1 heterocycles. The van der Waals surface area contributed by atoms with Gasteiger partial charge >= 0.3 is 0 Å². The number of nitrogens with zero attached hydrogens (tertiary/aromatic N) is 1. The summed E-state index contributed by atoms with van der Waals surface area (Å²) in [6.07, 6.45) is 0.471. The van der Waals surface area contributed by atoms with Crippen molar-refractivity contribution in [3.05, 3.63) is 94.6 Å². The zero-order valence-corrected chi connectivity index (χ0v) is 20.8. The minimum atomic E-state index is -0.762. The van der Waals surface area contributed by atoms with Crippen molar-refractivity contribution in [2.75, 3.05) is 27.9 Å². The number of carbonyl (C=O) groups is 2. The Bertz CT molecular complexity index is 1310. The molecule has 0 saturated carbocycles. The smallest absolute Gasteiger partial charge is 0.295 e. The zero-order valence-electron chi connectivity index (χ0n) is 20.8. The Morgan fingerprint density at radius 2 is 1.61 bits per heavy atom. The third-order valence-electron chi connectivity index (χ3n) is 6.36.